The third kappa shape index (κ3) is 4.45. The Kier molecular flexibility index (Phi) is 6.27. The van der Waals surface area contributed by atoms with E-state index in [0.717, 1.165) is 11.8 Å². The minimum absolute atomic E-state index is 0.00454. The van der Waals surface area contributed by atoms with Crippen molar-refractivity contribution in [2.45, 2.75) is 31.0 Å². The zero-order valence-corrected chi connectivity index (χ0v) is 16.3. The number of aliphatic hydroxyl groups excluding tert-OH is 2. The average molecular weight is 476 g/mol. The second kappa shape index (κ2) is 8.53. The number of aromatic nitrogens is 2. The molecule has 1 fully saturated rings. The molecule has 0 saturated carbocycles. The Bertz CT molecular complexity index is 943. The zero-order chi connectivity index (χ0) is 21.2. The topological polar surface area (TPSA) is 123 Å². The normalized spacial score (nSPS) is 23.0. The maximum atomic E-state index is 14.2. The number of anilines is 1. The lowest BCUT2D eigenvalue weighted by atomic mass is 10.1. The Morgan fingerprint density at radius 3 is 2.69 bits per heavy atom. The molecule has 1 aliphatic rings. The molecule has 3 atom stereocenters. The minimum Gasteiger partial charge on any atom is -0.444 e. The molecule has 1 aromatic carbocycles. The summed E-state index contributed by atoms with van der Waals surface area (Å²) in [5.41, 5.74) is -0.426. The summed E-state index contributed by atoms with van der Waals surface area (Å²) in [6.45, 7) is -0.882. The van der Waals surface area contributed by atoms with E-state index in [1.807, 2.05) is 0 Å². The van der Waals surface area contributed by atoms with E-state index < -0.39 is 42.7 Å². The van der Waals surface area contributed by atoms with Crippen LogP contribution >= 0.6 is 15.9 Å². The number of nitrogens with zero attached hydrogens (tertiary/aromatic N) is 2. The maximum absolute atomic E-state index is 14.2. The number of aliphatic hydroxyl groups is 2. The lowest BCUT2D eigenvalue weighted by molar-refractivity contribution is -0.141. The number of hydrogen-bond acceptors (Lipinski definition) is 7. The molecule has 9 nitrogen and oxygen atoms in total. The van der Waals surface area contributed by atoms with Gasteiger partial charge in [-0.3, -0.25) is 9.88 Å². The highest BCUT2D eigenvalue weighted by molar-refractivity contribution is 9.10. The number of alkyl halides is 2. The predicted octanol–water partition coefficient (Wildman–Crippen LogP) is 1.64. The number of carbonyl (C=O) groups is 1. The Hall–Kier alpha value is -2.41. The molecule has 1 aromatic heterocycles. The van der Waals surface area contributed by atoms with Crippen molar-refractivity contribution in [3.8, 4) is 0 Å². The third-order valence-corrected chi connectivity index (χ3v) is 4.73. The zero-order valence-electron chi connectivity index (χ0n) is 14.7. The summed E-state index contributed by atoms with van der Waals surface area (Å²) in [6, 6.07) is 8.84. The van der Waals surface area contributed by atoms with Crippen LogP contribution in [0.5, 0.6) is 0 Å². The van der Waals surface area contributed by atoms with Gasteiger partial charge in [0.2, 0.25) is 6.23 Å². The van der Waals surface area contributed by atoms with Gasteiger partial charge < -0.3 is 19.7 Å². The molecule has 1 aliphatic heterocycles. The van der Waals surface area contributed by atoms with Gasteiger partial charge in [-0.25, -0.2) is 9.59 Å². The molecule has 156 valence electrons. The van der Waals surface area contributed by atoms with Crippen LogP contribution in [0.3, 0.4) is 0 Å². The molecule has 0 aliphatic carbocycles. The summed E-state index contributed by atoms with van der Waals surface area (Å²) in [6.07, 6.45) is -6.00. The van der Waals surface area contributed by atoms with E-state index >= 15 is 0 Å². The van der Waals surface area contributed by atoms with Crippen molar-refractivity contribution in [3.05, 3.63) is 57.0 Å². The first-order chi connectivity index (χ1) is 13.7. The SMILES string of the molecule is O=C(Nc1nc(=O)n([C@@H]2O[C@H](CO)C(O)C2(F)F)cc1Br)OCc1ccccc1. The highest BCUT2D eigenvalue weighted by atomic mass is 79.9. The first-order valence-corrected chi connectivity index (χ1v) is 9.12. The number of hydrogen-bond donors (Lipinski definition) is 3. The summed E-state index contributed by atoms with van der Waals surface area (Å²) in [4.78, 5) is 27.7. The fourth-order valence-electron chi connectivity index (χ4n) is 2.68. The van der Waals surface area contributed by atoms with Crippen molar-refractivity contribution in [3.63, 3.8) is 0 Å². The van der Waals surface area contributed by atoms with E-state index in [-0.39, 0.29) is 16.9 Å². The van der Waals surface area contributed by atoms with E-state index in [9.17, 15) is 23.5 Å². The smallest absolute Gasteiger partial charge is 0.413 e. The molecule has 12 heteroatoms. The number of carbonyl (C=O) groups excluding carboxylic acids is 1. The summed E-state index contributed by atoms with van der Waals surface area (Å²) in [7, 11) is 0. The number of nitrogens with one attached hydrogen (secondary N) is 1. The highest BCUT2D eigenvalue weighted by Gasteiger charge is 2.59. The van der Waals surface area contributed by atoms with Gasteiger partial charge in [0.25, 0.3) is 0 Å². The van der Waals surface area contributed by atoms with Gasteiger partial charge in [0.1, 0.15) is 12.7 Å². The second-order valence-electron chi connectivity index (χ2n) is 6.14. The number of ether oxygens (including phenoxy) is 2. The molecule has 1 unspecified atom stereocenters. The highest BCUT2D eigenvalue weighted by Crippen LogP contribution is 2.42. The molecule has 0 radical (unpaired) electrons. The first-order valence-electron chi connectivity index (χ1n) is 8.32. The molecule has 3 rings (SSSR count). The Morgan fingerprint density at radius 2 is 2.07 bits per heavy atom. The van der Waals surface area contributed by atoms with Crippen LogP contribution in [0.15, 0.2) is 45.8 Å². The largest absolute Gasteiger partial charge is 0.444 e. The van der Waals surface area contributed by atoms with Crippen LogP contribution in [0.25, 0.3) is 0 Å². The fourth-order valence-corrected chi connectivity index (χ4v) is 3.08. The van der Waals surface area contributed by atoms with Crippen LogP contribution in [0.4, 0.5) is 19.4 Å². The van der Waals surface area contributed by atoms with Crippen molar-refractivity contribution < 1.29 is 33.3 Å². The summed E-state index contributed by atoms with van der Waals surface area (Å²) >= 11 is 3.03. The van der Waals surface area contributed by atoms with Gasteiger partial charge in [-0.1, -0.05) is 30.3 Å². The molecule has 3 N–H and O–H groups in total. The predicted molar refractivity (Wildman–Crippen MR) is 98.4 cm³/mol. The number of amides is 1. The monoisotopic (exact) mass is 475 g/mol. The number of benzene rings is 1. The maximum Gasteiger partial charge on any atom is 0.413 e. The van der Waals surface area contributed by atoms with E-state index in [1.165, 1.54) is 0 Å². The van der Waals surface area contributed by atoms with Crippen molar-refractivity contribution in [2.24, 2.45) is 0 Å². The average Bonchev–Trinajstić information content (AvgIpc) is 2.93. The van der Waals surface area contributed by atoms with Gasteiger partial charge in [0.15, 0.2) is 11.9 Å². The lowest BCUT2D eigenvalue weighted by Gasteiger charge is -2.21. The van der Waals surface area contributed by atoms with E-state index in [2.05, 4.69) is 26.2 Å². The van der Waals surface area contributed by atoms with Crippen molar-refractivity contribution in [1.29, 1.82) is 0 Å². The van der Waals surface area contributed by atoms with Gasteiger partial charge in [-0.05, 0) is 21.5 Å². The molecule has 2 aromatic rings. The number of halogens is 3. The second-order valence-corrected chi connectivity index (χ2v) is 7.00. The van der Waals surface area contributed by atoms with Gasteiger partial charge in [0.05, 0.1) is 11.1 Å². The Labute approximate surface area is 171 Å². The molecule has 1 amide bonds. The minimum atomic E-state index is -3.85. The Balaban J connectivity index is 1.74. The van der Waals surface area contributed by atoms with Crippen molar-refractivity contribution in [1.82, 2.24) is 9.55 Å². The van der Waals surface area contributed by atoms with Gasteiger partial charge in [-0.15, -0.1) is 0 Å². The van der Waals surface area contributed by atoms with Crippen LogP contribution < -0.4 is 11.0 Å². The van der Waals surface area contributed by atoms with Crippen LogP contribution in [-0.2, 0) is 16.1 Å². The fraction of sp³-hybridized carbons (Fsp3) is 0.353. The van der Waals surface area contributed by atoms with Gasteiger partial charge in [0, 0.05) is 6.20 Å². The molecular formula is C17H16BrF2N3O6. The quantitative estimate of drug-likeness (QED) is 0.600. The summed E-state index contributed by atoms with van der Waals surface area (Å²) in [5, 5.41) is 20.9. The van der Waals surface area contributed by atoms with Gasteiger partial charge >= 0.3 is 17.7 Å². The third-order valence-electron chi connectivity index (χ3n) is 4.15. The van der Waals surface area contributed by atoms with Crippen LogP contribution in [0.1, 0.15) is 11.8 Å². The van der Waals surface area contributed by atoms with Crippen LogP contribution in [0, 0.1) is 0 Å². The van der Waals surface area contributed by atoms with E-state index in [4.69, 9.17) is 14.6 Å². The summed E-state index contributed by atoms with van der Waals surface area (Å²) in [5.74, 6) is -4.09. The standard InChI is InChI=1S/C17H16BrF2N3O6/c18-10-6-23(14-17(19,20)12(25)11(7-24)29-14)15(26)21-13(10)22-16(27)28-8-9-4-2-1-3-5-9/h1-6,11-12,14,24-25H,7-8H2,(H,21,22,26,27)/t11-,12?,14-/m1/s1. The van der Waals surface area contributed by atoms with Crippen LogP contribution in [-0.4, -0.2) is 50.6 Å². The first kappa shape index (κ1) is 21.3. The van der Waals surface area contributed by atoms with Gasteiger partial charge in [-0.2, -0.15) is 13.8 Å². The van der Waals surface area contributed by atoms with Crippen molar-refractivity contribution in [2.75, 3.05) is 11.9 Å². The molecular weight excluding hydrogens is 460 g/mol. The number of rotatable bonds is 5. The van der Waals surface area contributed by atoms with Crippen LogP contribution in [0.2, 0.25) is 0 Å². The molecule has 1 saturated heterocycles. The van der Waals surface area contributed by atoms with E-state index in [1.54, 1.807) is 30.3 Å². The van der Waals surface area contributed by atoms with E-state index in [0.29, 0.717) is 4.57 Å². The van der Waals surface area contributed by atoms with Crippen molar-refractivity contribution >= 4 is 27.8 Å². The Morgan fingerprint density at radius 1 is 1.38 bits per heavy atom. The lowest BCUT2D eigenvalue weighted by Crippen LogP contribution is -2.42. The molecule has 29 heavy (non-hydrogen) atoms. The molecule has 0 spiro atoms. The molecule has 0 bridgehead atoms. The summed E-state index contributed by atoms with van der Waals surface area (Å²) < 4.78 is 38.8. The molecule has 2 heterocycles.